The molecule has 7 heteroatoms. The highest BCUT2D eigenvalue weighted by Crippen LogP contribution is 2.16. The molecular weight excluding hydrogens is 265 g/mol. The van der Waals surface area contributed by atoms with Crippen LogP contribution >= 0.6 is 0 Å². The topological polar surface area (TPSA) is 81.7 Å². The molecule has 0 aromatic heterocycles. The highest BCUT2D eigenvalue weighted by Gasteiger charge is 2.13. The number of nitrogens with one attached hydrogen (secondary N) is 2. The number of carboxylic acid groups (broad SMARTS) is 1. The van der Waals surface area contributed by atoms with E-state index in [0.29, 0.717) is 6.54 Å². The Morgan fingerprint density at radius 3 is 2.65 bits per heavy atom. The lowest BCUT2D eigenvalue weighted by molar-refractivity contribution is 0.0696. The molecule has 0 heterocycles. The molecule has 3 N–H and O–H groups in total. The number of halogens is 1. The number of nitrogens with zero attached hydrogens (tertiary/aromatic N) is 1. The van der Waals surface area contributed by atoms with Crippen molar-refractivity contribution in [3.8, 4) is 0 Å². The van der Waals surface area contributed by atoms with E-state index < -0.39 is 17.8 Å². The van der Waals surface area contributed by atoms with Gasteiger partial charge in [0, 0.05) is 13.6 Å². The zero-order chi connectivity index (χ0) is 15.1. The molecule has 6 nitrogen and oxygen atoms in total. The number of carbonyl (C=O) groups is 2. The Balaban J connectivity index is 2.64. The van der Waals surface area contributed by atoms with Gasteiger partial charge in [0.15, 0.2) is 0 Å². The number of hydrogen-bond acceptors (Lipinski definition) is 3. The van der Waals surface area contributed by atoms with Gasteiger partial charge >= 0.3 is 12.0 Å². The Morgan fingerprint density at radius 1 is 1.40 bits per heavy atom. The zero-order valence-electron chi connectivity index (χ0n) is 11.4. The maximum atomic E-state index is 13.6. The molecule has 1 rings (SSSR count). The first kappa shape index (κ1) is 15.9. The van der Waals surface area contributed by atoms with Crippen LogP contribution in [0.4, 0.5) is 14.9 Å². The Kier molecular flexibility index (Phi) is 5.92. The molecule has 0 aliphatic carbocycles. The van der Waals surface area contributed by atoms with E-state index >= 15 is 0 Å². The van der Waals surface area contributed by atoms with E-state index in [4.69, 9.17) is 5.11 Å². The fraction of sp³-hybridized carbons (Fsp3) is 0.385. The number of aromatic carboxylic acids is 1. The van der Waals surface area contributed by atoms with Gasteiger partial charge in [0.25, 0.3) is 0 Å². The van der Waals surface area contributed by atoms with E-state index in [0.717, 1.165) is 19.0 Å². The molecule has 0 aliphatic rings. The second kappa shape index (κ2) is 7.44. The molecule has 0 saturated carbocycles. The third kappa shape index (κ3) is 4.51. The van der Waals surface area contributed by atoms with Gasteiger partial charge in [-0.15, -0.1) is 0 Å². The number of benzene rings is 1. The van der Waals surface area contributed by atoms with E-state index in [2.05, 4.69) is 10.6 Å². The van der Waals surface area contributed by atoms with E-state index in [1.807, 2.05) is 7.05 Å². The van der Waals surface area contributed by atoms with Crippen molar-refractivity contribution in [2.24, 2.45) is 0 Å². The van der Waals surface area contributed by atoms with E-state index in [9.17, 15) is 14.0 Å². The van der Waals surface area contributed by atoms with Crippen LogP contribution in [-0.4, -0.2) is 49.2 Å². The first-order valence-electron chi connectivity index (χ1n) is 6.15. The lowest BCUT2D eigenvalue weighted by Gasteiger charge is -2.18. The molecule has 1 aromatic rings. The maximum absolute atomic E-state index is 13.6. The lowest BCUT2D eigenvalue weighted by Crippen LogP contribution is -2.33. The Bertz CT molecular complexity index is 494. The first-order valence-corrected chi connectivity index (χ1v) is 6.15. The predicted octanol–water partition coefficient (Wildman–Crippen LogP) is 1.60. The minimum Gasteiger partial charge on any atom is -0.478 e. The molecule has 1 aromatic carbocycles. The number of rotatable bonds is 6. The first-order chi connectivity index (χ1) is 9.45. The molecule has 0 saturated heterocycles. The molecule has 0 aliphatic heterocycles. The van der Waals surface area contributed by atoms with Gasteiger partial charge in [-0.3, -0.25) is 0 Å². The predicted molar refractivity (Wildman–Crippen MR) is 73.6 cm³/mol. The molecule has 0 radical (unpaired) electrons. The quantitative estimate of drug-likeness (QED) is 0.693. The van der Waals surface area contributed by atoms with Crippen molar-refractivity contribution >= 4 is 17.7 Å². The summed E-state index contributed by atoms with van der Waals surface area (Å²) >= 11 is 0. The summed E-state index contributed by atoms with van der Waals surface area (Å²) in [5, 5.41) is 14.1. The normalized spacial score (nSPS) is 10.2. The van der Waals surface area contributed by atoms with E-state index in [1.54, 1.807) is 7.05 Å². The third-order valence-corrected chi connectivity index (χ3v) is 2.72. The smallest absolute Gasteiger partial charge is 0.335 e. The van der Waals surface area contributed by atoms with Crippen molar-refractivity contribution < 1.29 is 19.1 Å². The molecule has 0 unspecified atom stereocenters. The summed E-state index contributed by atoms with van der Waals surface area (Å²) in [4.78, 5) is 23.9. The molecule has 2 amide bonds. The van der Waals surface area contributed by atoms with Gasteiger partial charge in [0.2, 0.25) is 0 Å². The fourth-order valence-corrected chi connectivity index (χ4v) is 1.55. The van der Waals surface area contributed by atoms with Crippen LogP contribution in [-0.2, 0) is 0 Å². The Morgan fingerprint density at radius 2 is 2.10 bits per heavy atom. The zero-order valence-corrected chi connectivity index (χ0v) is 11.4. The maximum Gasteiger partial charge on any atom is 0.335 e. The van der Waals surface area contributed by atoms with Gasteiger partial charge in [-0.2, -0.15) is 0 Å². The van der Waals surface area contributed by atoms with Gasteiger partial charge in [0.05, 0.1) is 11.3 Å². The van der Waals surface area contributed by atoms with E-state index in [-0.39, 0.29) is 11.3 Å². The standard InChI is InChI=1S/C13H18FN3O3/c1-15-6-3-7-17(2)13(20)16-11-5-4-9(12(18)19)8-10(11)14/h4-5,8,15H,3,6-7H2,1-2H3,(H,16,20)(H,18,19). The Hall–Kier alpha value is -2.15. The highest BCUT2D eigenvalue weighted by molar-refractivity contribution is 5.91. The number of carbonyl (C=O) groups excluding carboxylic acids is 1. The molecule has 0 bridgehead atoms. The van der Waals surface area contributed by atoms with Crippen LogP contribution in [0.15, 0.2) is 18.2 Å². The van der Waals surface area contributed by atoms with Gasteiger partial charge in [-0.05, 0) is 38.2 Å². The molecule has 0 fully saturated rings. The van der Waals surface area contributed by atoms with Crippen molar-refractivity contribution in [2.45, 2.75) is 6.42 Å². The van der Waals surface area contributed by atoms with Crippen molar-refractivity contribution in [1.82, 2.24) is 10.2 Å². The summed E-state index contributed by atoms with van der Waals surface area (Å²) in [5.74, 6) is -1.99. The largest absolute Gasteiger partial charge is 0.478 e. The van der Waals surface area contributed by atoms with Crippen LogP contribution in [0.3, 0.4) is 0 Å². The van der Waals surface area contributed by atoms with Crippen LogP contribution in [0.25, 0.3) is 0 Å². The summed E-state index contributed by atoms with van der Waals surface area (Å²) in [7, 11) is 3.42. The molecule has 110 valence electrons. The SMILES string of the molecule is CNCCCN(C)C(=O)Nc1ccc(C(=O)O)cc1F. The van der Waals surface area contributed by atoms with Gasteiger partial charge in [0.1, 0.15) is 5.82 Å². The summed E-state index contributed by atoms with van der Waals surface area (Å²) in [6, 6.07) is 2.90. The number of amides is 2. The molecule has 0 spiro atoms. The second-order valence-electron chi connectivity index (χ2n) is 4.31. The summed E-state index contributed by atoms with van der Waals surface area (Å²) < 4.78 is 13.6. The number of carboxylic acids is 1. The Labute approximate surface area is 116 Å². The molecule has 0 atom stereocenters. The monoisotopic (exact) mass is 283 g/mol. The van der Waals surface area contributed by atoms with Gasteiger partial charge < -0.3 is 20.6 Å². The van der Waals surface area contributed by atoms with Crippen molar-refractivity contribution in [3.63, 3.8) is 0 Å². The third-order valence-electron chi connectivity index (χ3n) is 2.72. The van der Waals surface area contributed by atoms with Crippen molar-refractivity contribution in [1.29, 1.82) is 0 Å². The summed E-state index contributed by atoms with van der Waals surface area (Å²) in [5.41, 5.74) is -0.205. The summed E-state index contributed by atoms with van der Waals surface area (Å²) in [6.07, 6.45) is 0.779. The van der Waals surface area contributed by atoms with Crippen LogP contribution < -0.4 is 10.6 Å². The van der Waals surface area contributed by atoms with Crippen LogP contribution in [0.5, 0.6) is 0 Å². The minimum atomic E-state index is -1.22. The average Bonchev–Trinajstić information content (AvgIpc) is 2.40. The average molecular weight is 283 g/mol. The van der Waals surface area contributed by atoms with E-state index in [1.165, 1.54) is 17.0 Å². The van der Waals surface area contributed by atoms with Crippen LogP contribution in [0.2, 0.25) is 0 Å². The van der Waals surface area contributed by atoms with Crippen molar-refractivity contribution in [2.75, 3.05) is 32.5 Å². The second-order valence-corrected chi connectivity index (χ2v) is 4.31. The summed E-state index contributed by atoms with van der Waals surface area (Å²) in [6.45, 7) is 1.31. The number of urea groups is 1. The van der Waals surface area contributed by atoms with Gasteiger partial charge in [-0.1, -0.05) is 0 Å². The fourth-order valence-electron chi connectivity index (χ4n) is 1.55. The lowest BCUT2D eigenvalue weighted by atomic mass is 10.2. The number of anilines is 1. The number of hydrogen-bond donors (Lipinski definition) is 3. The molecular formula is C13H18FN3O3. The minimum absolute atomic E-state index is 0.0412. The van der Waals surface area contributed by atoms with Gasteiger partial charge in [-0.25, -0.2) is 14.0 Å². The van der Waals surface area contributed by atoms with Crippen LogP contribution in [0.1, 0.15) is 16.8 Å². The molecule has 20 heavy (non-hydrogen) atoms. The van der Waals surface area contributed by atoms with Crippen molar-refractivity contribution in [3.05, 3.63) is 29.6 Å². The highest BCUT2D eigenvalue weighted by atomic mass is 19.1. The van der Waals surface area contributed by atoms with Crippen LogP contribution in [0, 0.1) is 5.82 Å².